The zero-order chi connectivity index (χ0) is 13.7. The molecule has 0 radical (unpaired) electrons. The highest BCUT2D eigenvalue weighted by atomic mass is 35.5. The maximum Gasteiger partial charge on any atom is 0.124 e. The summed E-state index contributed by atoms with van der Waals surface area (Å²) in [4.78, 5) is 0. The molecule has 0 aliphatic carbocycles. The Kier molecular flexibility index (Phi) is 4.66. The molecule has 0 heterocycles. The molecule has 3 nitrogen and oxygen atoms in total. The highest BCUT2D eigenvalue weighted by Gasteiger charge is 2.07. The molecule has 0 aliphatic heterocycles. The molecule has 0 spiro atoms. The molecular formula is C15H16ClNO2. The van der Waals surface area contributed by atoms with Gasteiger partial charge in [-0.05, 0) is 42.8 Å². The van der Waals surface area contributed by atoms with Gasteiger partial charge in [-0.2, -0.15) is 0 Å². The van der Waals surface area contributed by atoms with Gasteiger partial charge in [-0.15, -0.1) is 0 Å². The first-order valence-electron chi connectivity index (χ1n) is 6.09. The van der Waals surface area contributed by atoms with Crippen LogP contribution in [0.4, 0.5) is 0 Å². The lowest BCUT2D eigenvalue weighted by atomic mass is 10.1. The van der Waals surface area contributed by atoms with Crippen molar-refractivity contribution in [1.29, 1.82) is 0 Å². The molecule has 0 fully saturated rings. The summed E-state index contributed by atoms with van der Waals surface area (Å²) in [5, 5.41) is 10.1. The number of phenolic OH excluding ortho intramolecular Hbond substituents is 1. The summed E-state index contributed by atoms with van der Waals surface area (Å²) < 4.78 is 5.76. The average Bonchev–Trinajstić information content (AvgIpc) is 2.40. The van der Waals surface area contributed by atoms with Crippen LogP contribution in [0.3, 0.4) is 0 Å². The van der Waals surface area contributed by atoms with Gasteiger partial charge in [-0.1, -0.05) is 29.8 Å². The molecule has 0 unspecified atom stereocenters. The van der Waals surface area contributed by atoms with Crippen LogP contribution in [0, 0.1) is 0 Å². The van der Waals surface area contributed by atoms with Gasteiger partial charge in [0, 0.05) is 10.6 Å². The van der Waals surface area contributed by atoms with E-state index in [1.165, 1.54) is 0 Å². The van der Waals surface area contributed by atoms with Crippen molar-refractivity contribution in [2.45, 2.75) is 13.0 Å². The Balaban J connectivity index is 2.13. The van der Waals surface area contributed by atoms with Gasteiger partial charge in [0.1, 0.15) is 18.1 Å². The second-order valence-electron chi connectivity index (χ2n) is 4.21. The molecule has 0 bridgehead atoms. The summed E-state index contributed by atoms with van der Waals surface area (Å²) in [5.41, 5.74) is 7.40. The Morgan fingerprint density at radius 1 is 1.16 bits per heavy atom. The van der Waals surface area contributed by atoms with Crippen LogP contribution in [-0.2, 0) is 13.0 Å². The maximum absolute atomic E-state index is 9.40. The fourth-order valence-corrected chi connectivity index (χ4v) is 2.13. The lowest BCUT2D eigenvalue weighted by Gasteiger charge is -2.12. The number of hydrogen-bond donors (Lipinski definition) is 2. The largest absolute Gasteiger partial charge is 0.508 e. The number of nitrogens with two attached hydrogens (primary N) is 1. The predicted octanol–water partition coefficient (Wildman–Crippen LogP) is 3.13. The number of halogens is 1. The van der Waals surface area contributed by atoms with E-state index in [0.29, 0.717) is 24.6 Å². The van der Waals surface area contributed by atoms with Gasteiger partial charge >= 0.3 is 0 Å². The van der Waals surface area contributed by atoms with Crippen LogP contribution in [0.1, 0.15) is 11.1 Å². The molecule has 2 aromatic carbocycles. The predicted molar refractivity (Wildman–Crippen MR) is 76.6 cm³/mol. The number of hydrogen-bond acceptors (Lipinski definition) is 3. The molecular weight excluding hydrogens is 262 g/mol. The van der Waals surface area contributed by atoms with Crippen LogP contribution in [-0.4, -0.2) is 11.7 Å². The summed E-state index contributed by atoms with van der Waals surface area (Å²) in [5.74, 6) is 0.968. The fourth-order valence-electron chi connectivity index (χ4n) is 1.87. The van der Waals surface area contributed by atoms with Gasteiger partial charge in [0.05, 0.1) is 0 Å². The Labute approximate surface area is 117 Å². The monoisotopic (exact) mass is 277 g/mol. The Bertz CT molecular complexity index is 558. The summed E-state index contributed by atoms with van der Waals surface area (Å²) in [7, 11) is 0. The summed E-state index contributed by atoms with van der Waals surface area (Å²) in [6.07, 6.45) is 0.676. The number of phenols is 1. The van der Waals surface area contributed by atoms with E-state index in [-0.39, 0.29) is 5.75 Å². The Hall–Kier alpha value is -1.71. The Morgan fingerprint density at radius 3 is 2.68 bits per heavy atom. The zero-order valence-electron chi connectivity index (χ0n) is 10.5. The molecule has 4 heteroatoms. The van der Waals surface area contributed by atoms with Crippen LogP contribution < -0.4 is 10.5 Å². The van der Waals surface area contributed by atoms with E-state index in [1.807, 2.05) is 24.3 Å². The van der Waals surface area contributed by atoms with Crippen LogP contribution in [0.5, 0.6) is 11.5 Å². The van der Waals surface area contributed by atoms with Gasteiger partial charge in [0.25, 0.3) is 0 Å². The van der Waals surface area contributed by atoms with Crippen molar-refractivity contribution in [2.24, 2.45) is 5.73 Å². The van der Waals surface area contributed by atoms with Gasteiger partial charge in [-0.3, -0.25) is 0 Å². The van der Waals surface area contributed by atoms with Crippen molar-refractivity contribution >= 4 is 11.6 Å². The number of rotatable bonds is 5. The van der Waals surface area contributed by atoms with E-state index in [0.717, 1.165) is 16.9 Å². The van der Waals surface area contributed by atoms with Crippen molar-refractivity contribution in [3.8, 4) is 11.5 Å². The molecule has 2 aromatic rings. The molecule has 0 saturated carbocycles. The number of benzene rings is 2. The van der Waals surface area contributed by atoms with Crippen molar-refractivity contribution in [3.05, 3.63) is 58.6 Å². The molecule has 2 rings (SSSR count). The smallest absolute Gasteiger partial charge is 0.124 e. The zero-order valence-corrected chi connectivity index (χ0v) is 11.2. The first-order valence-corrected chi connectivity index (χ1v) is 6.46. The minimum atomic E-state index is 0.231. The van der Waals surface area contributed by atoms with E-state index in [4.69, 9.17) is 22.1 Å². The third-order valence-electron chi connectivity index (χ3n) is 2.78. The first-order chi connectivity index (χ1) is 9.20. The number of aromatic hydroxyl groups is 1. The minimum absolute atomic E-state index is 0.231. The molecule has 0 amide bonds. The Morgan fingerprint density at radius 2 is 1.95 bits per heavy atom. The van der Waals surface area contributed by atoms with Crippen LogP contribution in [0.2, 0.25) is 5.02 Å². The van der Waals surface area contributed by atoms with E-state index >= 15 is 0 Å². The van der Waals surface area contributed by atoms with Crippen molar-refractivity contribution in [2.75, 3.05) is 6.54 Å². The summed E-state index contributed by atoms with van der Waals surface area (Å²) >= 11 is 6.14. The van der Waals surface area contributed by atoms with E-state index in [9.17, 15) is 5.11 Å². The highest BCUT2D eigenvalue weighted by molar-refractivity contribution is 6.31. The SMILES string of the molecule is NCCc1c(Cl)cccc1OCc1cccc(O)c1. The van der Waals surface area contributed by atoms with Crippen molar-refractivity contribution < 1.29 is 9.84 Å². The molecule has 0 aromatic heterocycles. The topological polar surface area (TPSA) is 55.5 Å². The molecule has 3 N–H and O–H groups in total. The van der Waals surface area contributed by atoms with Crippen LogP contribution in [0.25, 0.3) is 0 Å². The number of ether oxygens (including phenoxy) is 1. The van der Waals surface area contributed by atoms with Crippen LogP contribution >= 0.6 is 11.6 Å². The molecule has 100 valence electrons. The van der Waals surface area contributed by atoms with Gasteiger partial charge in [0.15, 0.2) is 0 Å². The molecule has 0 aliphatic rings. The first kappa shape index (κ1) is 13.7. The van der Waals surface area contributed by atoms with E-state index in [2.05, 4.69) is 0 Å². The van der Waals surface area contributed by atoms with Gasteiger partial charge < -0.3 is 15.6 Å². The second kappa shape index (κ2) is 6.45. The fraction of sp³-hybridized carbons (Fsp3) is 0.200. The van der Waals surface area contributed by atoms with Gasteiger partial charge in [-0.25, -0.2) is 0 Å². The second-order valence-corrected chi connectivity index (χ2v) is 4.62. The van der Waals surface area contributed by atoms with Crippen molar-refractivity contribution in [3.63, 3.8) is 0 Å². The van der Waals surface area contributed by atoms with Crippen LogP contribution in [0.15, 0.2) is 42.5 Å². The average molecular weight is 278 g/mol. The quantitative estimate of drug-likeness (QED) is 0.883. The standard InChI is InChI=1S/C15H16ClNO2/c16-14-5-2-6-15(13(14)7-8-17)19-10-11-3-1-4-12(18)9-11/h1-6,9,18H,7-8,10,17H2. The molecule has 19 heavy (non-hydrogen) atoms. The summed E-state index contributed by atoms with van der Waals surface area (Å²) in [6.45, 7) is 0.901. The normalized spacial score (nSPS) is 10.4. The van der Waals surface area contributed by atoms with E-state index in [1.54, 1.807) is 18.2 Å². The summed E-state index contributed by atoms with van der Waals surface area (Å²) in [6, 6.07) is 12.5. The maximum atomic E-state index is 9.40. The third-order valence-corrected chi connectivity index (χ3v) is 3.13. The molecule has 0 saturated heterocycles. The lowest BCUT2D eigenvalue weighted by Crippen LogP contribution is -2.06. The molecule has 0 atom stereocenters. The van der Waals surface area contributed by atoms with Crippen molar-refractivity contribution in [1.82, 2.24) is 0 Å². The highest BCUT2D eigenvalue weighted by Crippen LogP contribution is 2.27. The van der Waals surface area contributed by atoms with Gasteiger partial charge in [0.2, 0.25) is 0 Å². The minimum Gasteiger partial charge on any atom is -0.508 e. The van der Waals surface area contributed by atoms with E-state index < -0.39 is 0 Å². The third kappa shape index (κ3) is 3.63. The lowest BCUT2D eigenvalue weighted by molar-refractivity contribution is 0.302.